The number of aromatic nitrogens is 2. The summed E-state index contributed by atoms with van der Waals surface area (Å²) in [5.74, 6) is 1.21. The van der Waals surface area contributed by atoms with Gasteiger partial charge in [0.05, 0.1) is 7.11 Å². The van der Waals surface area contributed by atoms with E-state index in [-0.39, 0.29) is 5.91 Å². The fraction of sp³-hybridized carbons (Fsp3) is 0.389. The Balaban J connectivity index is 2.11. The third-order valence-electron chi connectivity index (χ3n) is 3.73. The summed E-state index contributed by atoms with van der Waals surface area (Å²) >= 11 is 0. The van der Waals surface area contributed by atoms with E-state index in [1.54, 1.807) is 18.1 Å². The average Bonchev–Trinajstić information content (AvgIpc) is 2.61. The normalized spacial score (nSPS) is 10.3. The average molecular weight is 328 g/mol. The predicted molar refractivity (Wildman–Crippen MR) is 94.3 cm³/mol. The molecule has 0 saturated heterocycles. The van der Waals surface area contributed by atoms with E-state index < -0.39 is 0 Å². The Morgan fingerprint density at radius 3 is 2.42 bits per heavy atom. The molecule has 128 valence electrons. The Bertz CT molecular complexity index is 682. The molecule has 2 rings (SSSR count). The van der Waals surface area contributed by atoms with Gasteiger partial charge in [0.15, 0.2) is 0 Å². The van der Waals surface area contributed by atoms with Crippen molar-refractivity contribution in [2.24, 2.45) is 0 Å². The van der Waals surface area contributed by atoms with Crippen molar-refractivity contribution in [1.29, 1.82) is 0 Å². The van der Waals surface area contributed by atoms with E-state index in [1.165, 1.54) is 0 Å². The molecule has 0 unspecified atom stereocenters. The monoisotopic (exact) mass is 328 g/mol. The molecular formula is C18H24N4O2. The lowest BCUT2D eigenvalue weighted by Gasteiger charge is -2.18. The molecule has 0 saturated carbocycles. The van der Waals surface area contributed by atoms with E-state index in [9.17, 15) is 4.79 Å². The fourth-order valence-electron chi connectivity index (χ4n) is 2.35. The van der Waals surface area contributed by atoms with Gasteiger partial charge in [0.1, 0.15) is 11.4 Å². The Morgan fingerprint density at radius 2 is 1.83 bits per heavy atom. The minimum atomic E-state index is -0.0713. The van der Waals surface area contributed by atoms with Gasteiger partial charge in [-0.25, -0.2) is 9.97 Å². The predicted octanol–water partition coefficient (Wildman–Crippen LogP) is 2.89. The first-order valence-corrected chi connectivity index (χ1v) is 8.09. The third kappa shape index (κ3) is 4.44. The summed E-state index contributed by atoms with van der Waals surface area (Å²) in [7, 11) is 1.64. The molecule has 2 aromatic rings. The topological polar surface area (TPSA) is 67.4 Å². The summed E-state index contributed by atoms with van der Waals surface area (Å²) in [4.78, 5) is 22.9. The molecule has 0 aliphatic carbocycles. The van der Waals surface area contributed by atoms with Gasteiger partial charge in [0.25, 0.3) is 5.91 Å². The number of anilines is 1. The van der Waals surface area contributed by atoms with Gasteiger partial charge < -0.3 is 15.0 Å². The number of amides is 1. The maximum atomic E-state index is 12.5. The number of benzene rings is 1. The zero-order chi connectivity index (χ0) is 17.5. The molecule has 0 atom stereocenters. The summed E-state index contributed by atoms with van der Waals surface area (Å²) in [6.07, 6.45) is 0. The van der Waals surface area contributed by atoms with E-state index in [0.717, 1.165) is 17.0 Å². The second-order valence-corrected chi connectivity index (χ2v) is 5.40. The van der Waals surface area contributed by atoms with Crippen molar-refractivity contribution in [3.8, 4) is 5.75 Å². The summed E-state index contributed by atoms with van der Waals surface area (Å²) < 4.78 is 5.15. The zero-order valence-electron chi connectivity index (χ0n) is 14.7. The molecule has 0 fully saturated rings. The molecule has 1 aromatic carbocycles. The Kier molecular flexibility index (Phi) is 6.12. The van der Waals surface area contributed by atoms with Crippen LogP contribution in [0.25, 0.3) is 0 Å². The summed E-state index contributed by atoms with van der Waals surface area (Å²) in [6, 6.07) is 9.49. The number of hydrogen-bond donors (Lipinski definition) is 1. The van der Waals surface area contributed by atoms with Crippen LogP contribution in [0.4, 0.5) is 5.95 Å². The van der Waals surface area contributed by atoms with Crippen molar-refractivity contribution < 1.29 is 9.53 Å². The van der Waals surface area contributed by atoms with Crippen LogP contribution < -0.4 is 10.1 Å². The minimum Gasteiger partial charge on any atom is -0.497 e. The molecule has 6 heteroatoms. The van der Waals surface area contributed by atoms with Gasteiger partial charge in [-0.15, -0.1) is 0 Å². The highest BCUT2D eigenvalue weighted by Crippen LogP contribution is 2.13. The quantitative estimate of drug-likeness (QED) is 0.846. The van der Waals surface area contributed by atoms with E-state index in [4.69, 9.17) is 4.74 Å². The molecule has 6 nitrogen and oxygen atoms in total. The van der Waals surface area contributed by atoms with Crippen LogP contribution in [0, 0.1) is 6.92 Å². The van der Waals surface area contributed by atoms with Crippen LogP contribution in [0.5, 0.6) is 5.75 Å². The number of nitrogens with one attached hydrogen (secondary N) is 1. The van der Waals surface area contributed by atoms with E-state index >= 15 is 0 Å². The lowest BCUT2D eigenvalue weighted by Crippen LogP contribution is -2.31. The van der Waals surface area contributed by atoms with Gasteiger partial charge in [-0.1, -0.05) is 12.1 Å². The first-order chi connectivity index (χ1) is 11.6. The molecular weight excluding hydrogens is 304 g/mol. The maximum Gasteiger partial charge on any atom is 0.272 e. The molecule has 0 radical (unpaired) electrons. The van der Waals surface area contributed by atoms with Gasteiger partial charge >= 0.3 is 0 Å². The number of aryl methyl sites for hydroxylation is 1. The van der Waals surface area contributed by atoms with Crippen molar-refractivity contribution in [2.45, 2.75) is 27.3 Å². The van der Waals surface area contributed by atoms with Gasteiger partial charge in [-0.3, -0.25) is 4.79 Å². The summed E-state index contributed by atoms with van der Waals surface area (Å²) in [5, 5.41) is 3.18. The van der Waals surface area contributed by atoms with Gasteiger partial charge in [0, 0.05) is 25.3 Å². The highest BCUT2D eigenvalue weighted by Gasteiger charge is 2.15. The van der Waals surface area contributed by atoms with Crippen molar-refractivity contribution >= 4 is 11.9 Å². The van der Waals surface area contributed by atoms with Crippen LogP contribution >= 0.6 is 0 Å². The molecule has 0 spiro atoms. The van der Waals surface area contributed by atoms with E-state index in [0.29, 0.717) is 31.3 Å². The van der Waals surface area contributed by atoms with Crippen molar-refractivity contribution in [3.05, 3.63) is 47.3 Å². The molecule has 1 aromatic heterocycles. The second kappa shape index (κ2) is 8.29. The van der Waals surface area contributed by atoms with Crippen LogP contribution in [0.15, 0.2) is 30.3 Å². The SMILES string of the molecule is CCN(CC)C(=O)c1cc(C)nc(NCc2ccc(OC)cc2)n1. The number of carbonyl (C=O) groups is 1. The third-order valence-corrected chi connectivity index (χ3v) is 3.73. The second-order valence-electron chi connectivity index (χ2n) is 5.40. The molecule has 1 amide bonds. The fourth-order valence-corrected chi connectivity index (χ4v) is 2.35. The van der Waals surface area contributed by atoms with Gasteiger partial charge in [0.2, 0.25) is 5.95 Å². The molecule has 0 aliphatic heterocycles. The Morgan fingerprint density at radius 1 is 1.17 bits per heavy atom. The molecule has 1 N–H and O–H groups in total. The summed E-state index contributed by atoms with van der Waals surface area (Å²) in [6.45, 7) is 7.67. The highest BCUT2D eigenvalue weighted by atomic mass is 16.5. The first-order valence-electron chi connectivity index (χ1n) is 8.09. The van der Waals surface area contributed by atoms with Crippen LogP contribution in [-0.2, 0) is 6.54 Å². The van der Waals surface area contributed by atoms with Crippen molar-refractivity contribution in [3.63, 3.8) is 0 Å². The summed E-state index contributed by atoms with van der Waals surface area (Å²) in [5.41, 5.74) is 2.26. The number of carbonyl (C=O) groups excluding carboxylic acids is 1. The largest absolute Gasteiger partial charge is 0.497 e. The standard InChI is InChI=1S/C18H24N4O2/c1-5-22(6-2)17(23)16-11-13(3)20-18(21-16)19-12-14-7-9-15(24-4)10-8-14/h7-11H,5-6,12H2,1-4H3,(H,19,20,21). The van der Waals surface area contributed by atoms with Crippen LogP contribution in [0.1, 0.15) is 35.6 Å². The molecule has 24 heavy (non-hydrogen) atoms. The van der Waals surface area contributed by atoms with Gasteiger partial charge in [-0.2, -0.15) is 0 Å². The number of rotatable bonds is 7. The first kappa shape index (κ1) is 17.7. The molecule has 0 aliphatic rings. The number of methoxy groups -OCH3 is 1. The minimum absolute atomic E-state index is 0.0713. The zero-order valence-corrected chi connectivity index (χ0v) is 14.7. The van der Waals surface area contributed by atoms with Crippen LogP contribution in [-0.4, -0.2) is 41.0 Å². The van der Waals surface area contributed by atoms with Crippen LogP contribution in [0.2, 0.25) is 0 Å². The lowest BCUT2D eigenvalue weighted by atomic mass is 10.2. The lowest BCUT2D eigenvalue weighted by molar-refractivity contribution is 0.0767. The van der Waals surface area contributed by atoms with Crippen LogP contribution in [0.3, 0.4) is 0 Å². The van der Waals surface area contributed by atoms with Gasteiger partial charge in [-0.05, 0) is 44.5 Å². The van der Waals surface area contributed by atoms with Crippen molar-refractivity contribution in [1.82, 2.24) is 14.9 Å². The number of ether oxygens (including phenoxy) is 1. The molecule has 1 heterocycles. The molecule has 0 bridgehead atoms. The number of nitrogens with zero attached hydrogens (tertiary/aromatic N) is 3. The Labute approximate surface area is 142 Å². The van der Waals surface area contributed by atoms with Crippen molar-refractivity contribution in [2.75, 3.05) is 25.5 Å². The van der Waals surface area contributed by atoms with E-state index in [2.05, 4.69) is 15.3 Å². The Hall–Kier alpha value is -2.63. The number of hydrogen-bond acceptors (Lipinski definition) is 5. The maximum absolute atomic E-state index is 12.5. The smallest absolute Gasteiger partial charge is 0.272 e. The highest BCUT2D eigenvalue weighted by molar-refractivity contribution is 5.92. The van der Waals surface area contributed by atoms with E-state index in [1.807, 2.05) is 45.0 Å².